The fourth-order valence-electron chi connectivity index (χ4n) is 4.45. The molecule has 36 heavy (non-hydrogen) atoms. The number of H-pyrrole nitrogens is 1. The van der Waals surface area contributed by atoms with Crippen molar-refractivity contribution in [3.63, 3.8) is 0 Å². The maximum Gasteiger partial charge on any atom is 0.433 e. The van der Waals surface area contributed by atoms with E-state index in [0.717, 1.165) is 10.8 Å². The first-order valence-corrected chi connectivity index (χ1v) is 12.9. The van der Waals surface area contributed by atoms with Gasteiger partial charge >= 0.3 is 6.18 Å². The summed E-state index contributed by atoms with van der Waals surface area (Å²) < 4.78 is 73.3. The quantitative estimate of drug-likeness (QED) is 0.436. The Bertz CT molecular complexity index is 1610. The van der Waals surface area contributed by atoms with Crippen LogP contribution in [-0.4, -0.2) is 56.9 Å². The Balaban J connectivity index is 1.61. The highest BCUT2D eigenvalue weighted by Crippen LogP contribution is 2.38. The minimum absolute atomic E-state index is 0.113. The minimum atomic E-state index is -4.77. The molecule has 4 heterocycles. The molecule has 0 bridgehead atoms. The molecule has 10 nitrogen and oxygen atoms in total. The summed E-state index contributed by atoms with van der Waals surface area (Å²) in [5.74, 6) is -0.425. The van der Waals surface area contributed by atoms with Gasteiger partial charge in [-0.3, -0.25) is 9.89 Å². The van der Waals surface area contributed by atoms with Crippen molar-refractivity contribution in [3.8, 4) is 22.6 Å². The van der Waals surface area contributed by atoms with Crippen molar-refractivity contribution in [1.82, 2.24) is 29.1 Å². The summed E-state index contributed by atoms with van der Waals surface area (Å²) in [6.07, 6.45) is -2.46. The lowest BCUT2D eigenvalue weighted by molar-refractivity contribution is -0.140. The Morgan fingerprint density at radius 1 is 1.14 bits per heavy atom. The normalized spacial score (nSPS) is 17.6. The van der Waals surface area contributed by atoms with Crippen LogP contribution in [0.4, 0.5) is 13.2 Å². The summed E-state index contributed by atoms with van der Waals surface area (Å²) >= 11 is 0. The van der Waals surface area contributed by atoms with Gasteiger partial charge in [0.2, 0.25) is 15.9 Å². The van der Waals surface area contributed by atoms with Gasteiger partial charge in [0.05, 0.1) is 23.4 Å². The number of piperidine rings is 1. The molecule has 1 atom stereocenters. The predicted octanol–water partition coefficient (Wildman–Crippen LogP) is 3.21. The Labute approximate surface area is 202 Å². The third kappa shape index (κ3) is 4.19. The number of aromatic nitrogens is 5. The molecule has 0 saturated carbocycles. The third-order valence-corrected chi connectivity index (χ3v) is 7.43. The van der Waals surface area contributed by atoms with Crippen molar-refractivity contribution in [2.24, 2.45) is 0 Å². The lowest BCUT2D eigenvalue weighted by Crippen LogP contribution is -2.38. The van der Waals surface area contributed by atoms with E-state index in [-0.39, 0.29) is 52.3 Å². The maximum atomic E-state index is 13.9. The van der Waals surface area contributed by atoms with Gasteiger partial charge in [0.25, 0.3) is 11.4 Å². The molecule has 4 aromatic rings. The number of sulfonamides is 1. The van der Waals surface area contributed by atoms with E-state index < -0.39 is 27.5 Å². The fourth-order valence-corrected chi connectivity index (χ4v) is 5.37. The molecule has 1 aliphatic heterocycles. The zero-order chi connectivity index (χ0) is 25.8. The van der Waals surface area contributed by atoms with Gasteiger partial charge in [0.1, 0.15) is 11.3 Å². The van der Waals surface area contributed by atoms with E-state index in [4.69, 9.17) is 4.42 Å². The van der Waals surface area contributed by atoms with Crippen molar-refractivity contribution in [2.45, 2.75) is 31.9 Å². The average molecular weight is 523 g/mol. The fraction of sp³-hybridized carbons (Fsp3) is 0.364. The van der Waals surface area contributed by atoms with Crippen LogP contribution < -0.4 is 5.56 Å². The van der Waals surface area contributed by atoms with Gasteiger partial charge in [0.15, 0.2) is 5.65 Å². The number of aromatic amines is 1. The molecular weight excluding hydrogens is 501 g/mol. The third-order valence-electron chi connectivity index (χ3n) is 6.16. The number of aryl methyl sites for hydroxylation is 1. The van der Waals surface area contributed by atoms with Crippen LogP contribution in [0, 0.1) is 6.92 Å². The van der Waals surface area contributed by atoms with E-state index in [1.54, 1.807) is 18.2 Å². The molecule has 1 saturated heterocycles. The molecule has 14 heteroatoms. The predicted molar refractivity (Wildman–Crippen MR) is 123 cm³/mol. The van der Waals surface area contributed by atoms with Crippen LogP contribution in [0.1, 0.15) is 36.0 Å². The number of alkyl halides is 3. The molecule has 0 radical (unpaired) electrons. The van der Waals surface area contributed by atoms with Crippen molar-refractivity contribution >= 4 is 15.7 Å². The average Bonchev–Trinajstić information content (AvgIpc) is 3.45. The number of nitrogens with zero attached hydrogens (tertiary/aromatic N) is 5. The molecule has 0 spiro atoms. The number of halogens is 3. The van der Waals surface area contributed by atoms with Crippen LogP contribution in [-0.2, 0) is 16.2 Å². The molecule has 0 amide bonds. The highest BCUT2D eigenvalue weighted by atomic mass is 32.2. The standard InChI is InChI=1S/C22H21F3N6O4S/c1-12-15(20-28-27-19(35-20)14-9-6-10-30(11-14)36(2,33)34)21(32)31-18(26-12)16(13-7-4-3-5-8-13)17(29-31)22(23,24)25/h3-5,7-8,14,29H,6,9-11H2,1-2H3. The number of rotatable bonds is 4. The van der Waals surface area contributed by atoms with Gasteiger partial charge < -0.3 is 4.42 Å². The molecule has 1 unspecified atom stereocenters. The van der Waals surface area contributed by atoms with Crippen molar-refractivity contribution in [3.05, 3.63) is 58.0 Å². The van der Waals surface area contributed by atoms with Crippen LogP contribution in [0.5, 0.6) is 0 Å². The smallest absolute Gasteiger partial charge is 0.420 e. The van der Waals surface area contributed by atoms with Crippen molar-refractivity contribution < 1.29 is 26.0 Å². The number of nitrogens with one attached hydrogen (secondary N) is 1. The lowest BCUT2D eigenvalue weighted by Gasteiger charge is -2.28. The highest BCUT2D eigenvalue weighted by Gasteiger charge is 2.39. The summed E-state index contributed by atoms with van der Waals surface area (Å²) in [7, 11) is -3.40. The van der Waals surface area contributed by atoms with E-state index in [0.29, 0.717) is 19.4 Å². The van der Waals surface area contributed by atoms with E-state index >= 15 is 0 Å². The van der Waals surface area contributed by atoms with Crippen LogP contribution in [0.2, 0.25) is 0 Å². The molecule has 1 fully saturated rings. The molecule has 3 aromatic heterocycles. The summed E-state index contributed by atoms with van der Waals surface area (Å²) in [4.78, 5) is 17.7. The first-order chi connectivity index (χ1) is 16.9. The van der Waals surface area contributed by atoms with Gasteiger partial charge in [-0.05, 0) is 25.3 Å². The van der Waals surface area contributed by atoms with Crippen LogP contribution >= 0.6 is 0 Å². The van der Waals surface area contributed by atoms with Crippen LogP contribution in [0.15, 0.2) is 39.5 Å². The monoisotopic (exact) mass is 522 g/mol. The molecule has 0 aliphatic carbocycles. The number of benzene rings is 1. The maximum absolute atomic E-state index is 13.9. The summed E-state index contributed by atoms with van der Waals surface area (Å²) in [5, 5.41) is 10.1. The number of hydrogen-bond acceptors (Lipinski definition) is 7. The summed E-state index contributed by atoms with van der Waals surface area (Å²) in [6, 6.07) is 7.86. The molecule has 190 valence electrons. The molecule has 1 aliphatic rings. The topological polar surface area (TPSA) is 126 Å². The van der Waals surface area contributed by atoms with Gasteiger partial charge in [-0.15, -0.1) is 10.2 Å². The Kier molecular flexibility index (Phi) is 5.75. The number of fused-ring (bicyclic) bond motifs is 1. The van der Waals surface area contributed by atoms with Crippen LogP contribution in [0.3, 0.4) is 0 Å². The first kappa shape index (κ1) is 24.2. The van der Waals surface area contributed by atoms with Crippen LogP contribution in [0.25, 0.3) is 28.2 Å². The Hall–Kier alpha value is -3.52. The zero-order valence-electron chi connectivity index (χ0n) is 19.2. The molecular formula is C22H21F3N6O4S. The van der Waals surface area contributed by atoms with Gasteiger partial charge in [-0.2, -0.15) is 17.7 Å². The first-order valence-electron chi connectivity index (χ1n) is 11.0. The second-order valence-corrected chi connectivity index (χ2v) is 10.7. The lowest BCUT2D eigenvalue weighted by atomic mass is 10.00. The minimum Gasteiger partial charge on any atom is -0.420 e. The molecule has 5 rings (SSSR count). The van der Waals surface area contributed by atoms with E-state index in [2.05, 4.69) is 20.3 Å². The summed E-state index contributed by atoms with van der Waals surface area (Å²) in [6.45, 7) is 2.01. The van der Waals surface area contributed by atoms with E-state index in [1.165, 1.54) is 23.4 Å². The van der Waals surface area contributed by atoms with Gasteiger partial charge in [-0.25, -0.2) is 17.7 Å². The molecule has 1 aromatic carbocycles. The van der Waals surface area contributed by atoms with Gasteiger partial charge in [0, 0.05) is 13.1 Å². The summed E-state index contributed by atoms with van der Waals surface area (Å²) in [5.41, 5.74) is -2.15. The largest absolute Gasteiger partial charge is 0.433 e. The van der Waals surface area contributed by atoms with Crippen molar-refractivity contribution in [1.29, 1.82) is 0 Å². The second kappa shape index (κ2) is 8.55. The zero-order valence-corrected chi connectivity index (χ0v) is 20.0. The second-order valence-electron chi connectivity index (χ2n) is 8.67. The Morgan fingerprint density at radius 3 is 2.53 bits per heavy atom. The van der Waals surface area contributed by atoms with E-state index in [1.807, 2.05) is 0 Å². The van der Waals surface area contributed by atoms with Crippen molar-refractivity contribution in [2.75, 3.05) is 19.3 Å². The molecule has 1 N–H and O–H groups in total. The van der Waals surface area contributed by atoms with E-state index in [9.17, 15) is 26.4 Å². The number of hydrogen-bond donors (Lipinski definition) is 1. The highest BCUT2D eigenvalue weighted by molar-refractivity contribution is 7.88. The SMILES string of the molecule is Cc1nc2c(-c3ccccc3)c(C(F)(F)F)[nH]n2c(=O)c1-c1nnc(C2CCCN(S(C)(=O)=O)C2)o1. The van der Waals surface area contributed by atoms with Gasteiger partial charge in [-0.1, -0.05) is 30.3 Å². The Morgan fingerprint density at radius 2 is 1.86 bits per heavy atom.